The van der Waals surface area contributed by atoms with Crippen molar-refractivity contribution in [2.45, 2.75) is 0 Å². The van der Waals surface area contributed by atoms with Gasteiger partial charge in [0, 0.05) is 59.5 Å². The molecule has 16 rings (SSSR count). The van der Waals surface area contributed by atoms with Crippen LogP contribution in [0.25, 0.3) is 137 Å². The van der Waals surface area contributed by atoms with Crippen LogP contribution in [0.5, 0.6) is 0 Å². The number of nitrogens with zero attached hydrogens (tertiary/aromatic N) is 7. The summed E-state index contributed by atoms with van der Waals surface area (Å²) in [5.41, 5.74) is 13.8. The van der Waals surface area contributed by atoms with Crippen LogP contribution in [0, 0.1) is 22.7 Å². The summed E-state index contributed by atoms with van der Waals surface area (Å²) in [5.74, 6) is 0. The standard InChI is InChI=1S/C68H39N7/c69-40-52-65(72-54-30-12-4-22-43(54)44-23-5-13-31-55(44)72)66(73-56-32-14-6-24-45(56)46-25-7-15-33-57(46)73)53(41-70)68(67(52)74-58-34-16-8-26-47(58)48-27-9-17-35-59(48)74)75-60-36-18-10-28-49(60)50-38-39-62-63(64(50)75)51-29-11-19-37-61(51)71(62)42-20-2-1-3-21-42/h1-39H. The molecule has 0 amide bonds. The SMILES string of the molecule is N#Cc1c(-n2c3ccccc3c3ccccc32)c(-n2c3ccccc3c3ccccc32)c(C#N)c(-n2c3ccccc3c3ccc4c(c5ccccc5n4-c4ccccc4)c32)c1-n1c2ccccc2c2ccccc21. The molecule has 0 aliphatic carbocycles. The van der Waals surface area contributed by atoms with Crippen molar-refractivity contribution in [1.29, 1.82) is 10.5 Å². The highest BCUT2D eigenvalue weighted by Crippen LogP contribution is 2.50. The molecule has 0 aliphatic heterocycles. The lowest BCUT2D eigenvalue weighted by molar-refractivity contribution is 1.02. The topological polar surface area (TPSA) is 72.2 Å². The van der Waals surface area contributed by atoms with E-state index in [2.05, 4.69) is 272 Å². The predicted molar refractivity (Wildman–Crippen MR) is 308 cm³/mol. The monoisotopic (exact) mass is 953 g/mol. The first kappa shape index (κ1) is 41.1. The summed E-state index contributed by atoms with van der Waals surface area (Å²) in [5, 5.41) is 36.0. The Bertz CT molecular complexity index is 5060. The van der Waals surface area contributed by atoms with Gasteiger partial charge in [0.15, 0.2) is 0 Å². The summed E-state index contributed by atoms with van der Waals surface area (Å²) in [7, 11) is 0. The Morgan fingerprint density at radius 2 is 0.507 bits per heavy atom. The number of nitriles is 2. The summed E-state index contributed by atoms with van der Waals surface area (Å²) in [4.78, 5) is 0. The molecule has 5 heterocycles. The molecule has 346 valence electrons. The van der Waals surface area contributed by atoms with Crippen LogP contribution in [0.2, 0.25) is 0 Å². The molecule has 11 aromatic carbocycles. The van der Waals surface area contributed by atoms with Gasteiger partial charge in [-0.25, -0.2) is 0 Å². The maximum absolute atomic E-state index is 12.8. The maximum Gasteiger partial charge on any atom is 0.104 e. The molecule has 0 saturated carbocycles. The third-order valence-electron chi connectivity index (χ3n) is 15.7. The van der Waals surface area contributed by atoms with E-state index in [1.54, 1.807) is 0 Å². The minimum atomic E-state index is 0.417. The average molecular weight is 954 g/mol. The molecule has 0 saturated heterocycles. The Morgan fingerprint density at radius 1 is 0.227 bits per heavy atom. The van der Waals surface area contributed by atoms with Crippen molar-refractivity contribution in [3.63, 3.8) is 0 Å². The first-order chi connectivity index (χ1) is 37.2. The molecule has 0 bridgehead atoms. The highest BCUT2D eigenvalue weighted by atomic mass is 15.1. The number of benzene rings is 11. The second-order valence-corrected chi connectivity index (χ2v) is 19.4. The van der Waals surface area contributed by atoms with Crippen molar-refractivity contribution in [3.8, 4) is 40.6 Å². The normalized spacial score (nSPS) is 12.0. The Balaban J connectivity index is 1.24. The zero-order valence-corrected chi connectivity index (χ0v) is 40.1. The number of hydrogen-bond acceptors (Lipinski definition) is 2. The highest BCUT2D eigenvalue weighted by Gasteiger charge is 2.35. The van der Waals surface area contributed by atoms with Crippen LogP contribution in [-0.2, 0) is 0 Å². The number of para-hydroxylation sites is 9. The Labute approximate surface area is 428 Å². The third-order valence-corrected chi connectivity index (χ3v) is 15.7. The van der Waals surface area contributed by atoms with E-state index in [0.717, 1.165) is 115 Å². The van der Waals surface area contributed by atoms with Gasteiger partial charge in [0.1, 0.15) is 23.3 Å². The molecular formula is C68H39N7. The van der Waals surface area contributed by atoms with Gasteiger partial charge < -0.3 is 22.8 Å². The zero-order valence-electron chi connectivity index (χ0n) is 40.1. The van der Waals surface area contributed by atoms with Crippen molar-refractivity contribution in [1.82, 2.24) is 22.8 Å². The fourth-order valence-corrected chi connectivity index (χ4v) is 12.9. The van der Waals surface area contributed by atoms with E-state index >= 15 is 0 Å². The Morgan fingerprint density at radius 3 is 0.867 bits per heavy atom. The largest absolute Gasteiger partial charge is 0.309 e. The number of aromatic nitrogens is 5. The summed E-state index contributed by atoms with van der Waals surface area (Å²) >= 11 is 0. The van der Waals surface area contributed by atoms with Crippen molar-refractivity contribution in [2.24, 2.45) is 0 Å². The molecule has 5 aromatic heterocycles. The van der Waals surface area contributed by atoms with E-state index in [1.165, 1.54) is 0 Å². The third kappa shape index (κ3) is 5.40. The average Bonchev–Trinajstić information content (AvgIpc) is 4.28. The van der Waals surface area contributed by atoms with Crippen LogP contribution in [0.3, 0.4) is 0 Å². The summed E-state index contributed by atoms with van der Waals surface area (Å²) < 4.78 is 11.5. The number of hydrogen-bond donors (Lipinski definition) is 0. The maximum atomic E-state index is 12.8. The molecule has 0 aliphatic rings. The van der Waals surface area contributed by atoms with Crippen LogP contribution in [0.1, 0.15) is 11.1 Å². The van der Waals surface area contributed by atoms with Gasteiger partial charge in [-0.15, -0.1) is 0 Å². The van der Waals surface area contributed by atoms with E-state index in [9.17, 15) is 10.5 Å². The summed E-state index contributed by atoms with van der Waals surface area (Å²) in [6, 6.07) is 88.7. The first-order valence-electron chi connectivity index (χ1n) is 25.2. The minimum Gasteiger partial charge on any atom is -0.309 e. The van der Waals surface area contributed by atoms with Crippen molar-refractivity contribution >= 4 is 109 Å². The van der Waals surface area contributed by atoms with Gasteiger partial charge in [-0.3, -0.25) is 0 Å². The molecule has 7 heteroatoms. The van der Waals surface area contributed by atoms with Gasteiger partial charge in [-0.1, -0.05) is 170 Å². The zero-order chi connectivity index (χ0) is 49.5. The van der Waals surface area contributed by atoms with Crippen molar-refractivity contribution in [2.75, 3.05) is 0 Å². The lowest BCUT2D eigenvalue weighted by Gasteiger charge is -2.27. The van der Waals surface area contributed by atoms with Crippen LogP contribution >= 0.6 is 0 Å². The molecule has 0 fully saturated rings. The number of rotatable bonds is 5. The smallest absolute Gasteiger partial charge is 0.104 e. The molecule has 0 atom stereocenters. The predicted octanol–water partition coefficient (Wildman–Crippen LogP) is 16.9. The van der Waals surface area contributed by atoms with Crippen LogP contribution in [-0.4, -0.2) is 22.8 Å². The summed E-state index contributed by atoms with van der Waals surface area (Å²) in [6.45, 7) is 0. The molecule has 7 nitrogen and oxygen atoms in total. The molecule has 75 heavy (non-hydrogen) atoms. The van der Waals surface area contributed by atoms with Crippen molar-refractivity contribution < 1.29 is 0 Å². The quantitative estimate of drug-likeness (QED) is 0.172. The van der Waals surface area contributed by atoms with Gasteiger partial charge in [-0.05, 0) is 66.7 Å². The fourth-order valence-electron chi connectivity index (χ4n) is 12.9. The van der Waals surface area contributed by atoms with Gasteiger partial charge in [0.05, 0.1) is 77.9 Å². The first-order valence-corrected chi connectivity index (χ1v) is 25.2. The van der Waals surface area contributed by atoms with E-state index in [0.29, 0.717) is 33.9 Å². The molecule has 0 N–H and O–H groups in total. The highest BCUT2D eigenvalue weighted by molar-refractivity contribution is 6.27. The van der Waals surface area contributed by atoms with Crippen LogP contribution < -0.4 is 0 Å². The second-order valence-electron chi connectivity index (χ2n) is 19.4. The van der Waals surface area contributed by atoms with Gasteiger partial charge in [0.25, 0.3) is 0 Å². The summed E-state index contributed by atoms with van der Waals surface area (Å²) in [6.07, 6.45) is 0. The molecule has 0 unspecified atom stereocenters. The molecule has 0 spiro atoms. The van der Waals surface area contributed by atoms with Crippen LogP contribution in [0.4, 0.5) is 0 Å². The van der Waals surface area contributed by atoms with E-state index in [1.807, 2.05) is 0 Å². The van der Waals surface area contributed by atoms with Gasteiger partial charge in [0.2, 0.25) is 0 Å². The lowest BCUT2D eigenvalue weighted by atomic mass is 9.98. The lowest BCUT2D eigenvalue weighted by Crippen LogP contribution is -2.16. The minimum absolute atomic E-state index is 0.417. The van der Waals surface area contributed by atoms with Crippen molar-refractivity contribution in [3.05, 3.63) is 248 Å². The van der Waals surface area contributed by atoms with E-state index in [4.69, 9.17) is 0 Å². The molecular weight excluding hydrogens is 915 g/mol. The second kappa shape index (κ2) is 15.5. The number of fused-ring (bicyclic) bond motifs is 16. The Hall–Kier alpha value is -10.6. The van der Waals surface area contributed by atoms with Gasteiger partial charge in [-0.2, -0.15) is 10.5 Å². The van der Waals surface area contributed by atoms with Crippen LogP contribution in [0.15, 0.2) is 237 Å². The molecule has 0 radical (unpaired) electrons. The Kier molecular flexibility index (Phi) is 8.46. The fraction of sp³-hybridized carbons (Fsp3) is 0. The molecule has 16 aromatic rings. The van der Waals surface area contributed by atoms with E-state index in [-0.39, 0.29) is 0 Å². The van der Waals surface area contributed by atoms with Gasteiger partial charge >= 0.3 is 0 Å². The van der Waals surface area contributed by atoms with E-state index < -0.39 is 0 Å².